The zero-order valence-corrected chi connectivity index (χ0v) is 12.9. The van der Waals surface area contributed by atoms with Crippen LogP contribution in [-0.2, 0) is 6.42 Å². The van der Waals surface area contributed by atoms with Crippen molar-refractivity contribution in [3.8, 4) is 16.9 Å². The lowest BCUT2D eigenvalue weighted by Crippen LogP contribution is -2.18. The van der Waals surface area contributed by atoms with E-state index in [1.165, 1.54) is 22.3 Å². The number of ether oxygens (including phenoxy) is 1. The van der Waals surface area contributed by atoms with Crippen molar-refractivity contribution in [3.05, 3.63) is 53.6 Å². The Bertz CT molecular complexity index is 621. The standard InChI is InChI=1S/C19H23NO/c1-3-20-14(2)16-10-4-5-11-17(16)18-12-6-8-15-9-7-13-21-19(15)18/h4-6,8,10-12,14,20H,3,7,9,13H2,1-2H3. The Morgan fingerprint density at radius 2 is 1.90 bits per heavy atom. The number of benzene rings is 2. The molecular weight excluding hydrogens is 258 g/mol. The Balaban J connectivity index is 2.09. The van der Waals surface area contributed by atoms with Crippen LogP contribution in [0.5, 0.6) is 5.75 Å². The average Bonchev–Trinajstić information content (AvgIpc) is 2.54. The smallest absolute Gasteiger partial charge is 0.130 e. The lowest BCUT2D eigenvalue weighted by molar-refractivity contribution is 0.289. The minimum atomic E-state index is 0.339. The summed E-state index contributed by atoms with van der Waals surface area (Å²) < 4.78 is 5.98. The van der Waals surface area contributed by atoms with Crippen LogP contribution in [0.3, 0.4) is 0 Å². The molecule has 0 aliphatic carbocycles. The molecule has 0 aromatic heterocycles. The van der Waals surface area contributed by atoms with Crippen molar-refractivity contribution in [3.63, 3.8) is 0 Å². The molecule has 0 spiro atoms. The van der Waals surface area contributed by atoms with Gasteiger partial charge in [0, 0.05) is 11.6 Å². The lowest BCUT2D eigenvalue weighted by atomic mass is 9.92. The maximum Gasteiger partial charge on any atom is 0.130 e. The fraction of sp³-hybridized carbons (Fsp3) is 0.368. The average molecular weight is 281 g/mol. The Morgan fingerprint density at radius 3 is 2.76 bits per heavy atom. The van der Waals surface area contributed by atoms with Gasteiger partial charge in [0.2, 0.25) is 0 Å². The summed E-state index contributed by atoms with van der Waals surface area (Å²) in [5.74, 6) is 1.08. The molecule has 0 radical (unpaired) electrons. The van der Waals surface area contributed by atoms with Crippen LogP contribution in [0.2, 0.25) is 0 Å². The summed E-state index contributed by atoms with van der Waals surface area (Å²) in [6.45, 7) is 6.17. The number of rotatable bonds is 4. The van der Waals surface area contributed by atoms with Gasteiger partial charge in [-0.05, 0) is 43.0 Å². The van der Waals surface area contributed by atoms with E-state index in [4.69, 9.17) is 4.74 Å². The molecule has 1 aliphatic heterocycles. The summed E-state index contributed by atoms with van der Waals surface area (Å²) in [5, 5.41) is 3.51. The Morgan fingerprint density at radius 1 is 1.10 bits per heavy atom. The minimum Gasteiger partial charge on any atom is -0.493 e. The Labute approximate surface area is 127 Å². The van der Waals surface area contributed by atoms with Crippen molar-refractivity contribution in [2.45, 2.75) is 32.7 Å². The summed E-state index contributed by atoms with van der Waals surface area (Å²) >= 11 is 0. The Kier molecular flexibility index (Phi) is 4.26. The molecule has 1 N–H and O–H groups in total. The molecule has 2 aromatic carbocycles. The van der Waals surface area contributed by atoms with E-state index in [9.17, 15) is 0 Å². The topological polar surface area (TPSA) is 21.3 Å². The Hall–Kier alpha value is -1.80. The van der Waals surface area contributed by atoms with E-state index in [1.54, 1.807) is 0 Å². The monoisotopic (exact) mass is 281 g/mol. The quantitative estimate of drug-likeness (QED) is 0.899. The number of nitrogens with one attached hydrogen (secondary N) is 1. The van der Waals surface area contributed by atoms with Gasteiger partial charge in [0.05, 0.1) is 6.61 Å². The van der Waals surface area contributed by atoms with Gasteiger partial charge in [0.15, 0.2) is 0 Å². The molecule has 0 bridgehead atoms. The highest BCUT2D eigenvalue weighted by Crippen LogP contribution is 2.39. The number of aryl methyl sites for hydroxylation is 1. The van der Waals surface area contributed by atoms with Crippen LogP contribution >= 0.6 is 0 Å². The molecule has 0 amide bonds. The maximum atomic E-state index is 5.98. The van der Waals surface area contributed by atoms with Crippen LogP contribution in [-0.4, -0.2) is 13.2 Å². The van der Waals surface area contributed by atoms with Gasteiger partial charge in [-0.25, -0.2) is 0 Å². The van der Waals surface area contributed by atoms with E-state index in [0.717, 1.165) is 31.7 Å². The van der Waals surface area contributed by atoms with Gasteiger partial charge in [-0.3, -0.25) is 0 Å². The van der Waals surface area contributed by atoms with Gasteiger partial charge in [-0.15, -0.1) is 0 Å². The molecular formula is C19H23NO. The zero-order valence-electron chi connectivity index (χ0n) is 12.9. The first-order chi connectivity index (χ1) is 10.3. The fourth-order valence-corrected chi connectivity index (χ4v) is 3.14. The van der Waals surface area contributed by atoms with Crippen molar-refractivity contribution in [2.24, 2.45) is 0 Å². The largest absolute Gasteiger partial charge is 0.493 e. The van der Waals surface area contributed by atoms with E-state index < -0.39 is 0 Å². The summed E-state index contributed by atoms with van der Waals surface area (Å²) in [7, 11) is 0. The minimum absolute atomic E-state index is 0.339. The zero-order chi connectivity index (χ0) is 14.7. The molecule has 21 heavy (non-hydrogen) atoms. The van der Waals surface area contributed by atoms with Crippen LogP contribution in [0, 0.1) is 0 Å². The summed E-state index contributed by atoms with van der Waals surface area (Å²) in [6, 6.07) is 15.5. The lowest BCUT2D eigenvalue weighted by Gasteiger charge is -2.23. The molecule has 1 aliphatic rings. The SMILES string of the molecule is CCNC(C)c1ccccc1-c1cccc2c1OCCC2. The molecule has 2 heteroatoms. The summed E-state index contributed by atoms with van der Waals surface area (Å²) in [6.07, 6.45) is 2.24. The second-order valence-corrected chi connectivity index (χ2v) is 5.61. The molecule has 1 atom stereocenters. The second kappa shape index (κ2) is 6.31. The van der Waals surface area contributed by atoms with Crippen molar-refractivity contribution in [1.29, 1.82) is 0 Å². The number of fused-ring (bicyclic) bond motifs is 1. The normalized spacial score (nSPS) is 15.1. The molecule has 0 saturated carbocycles. The van der Waals surface area contributed by atoms with Crippen molar-refractivity contribution in [2.75, 3.05) is 13.2 Å². The predicted molar refractivity (Wildman–Crippen MR) is 87.8 cm³/mol. The predicted octanol–water partition coefficient (Wildman–Crippen LogP) is 4.35. The van der Waals surface area contributed by atoms with Gasteiger partial charge in [0.1, 0.15) is 5.75 Å². The number of hydrogen-bond acceptors (Lipinski definition) is 2. The summed E-state index contributed by atoms with van der Waals surface area (Å²) in [4.78, 5) is 0. The molecule has 1 heterocycles. The molecule has 0 saturated heterocycles. The van der Waals surface area contributed by atoms with Crippen molar-refractivity contribution < 1.29 is 4.74 Å². The second-order valence-electron chi connectivity index (χ2n) is 5.61. The molecule has 0 fully saturated rings. The molecule has 110 valence electrons. The van der Waals surface area contributed by atoms with Gasteiger partial charge >= 0.3 is 0 Å². The molecule has 2 aromatic rings. The van der Waals surface area contributed by atoms with Gasteiger partial charge in [0.25, 0.3) is 0 Å². The van der Waals surface area contributed by atoms with E-state index >= 15 is 0 Å². The van der Waals surface area contributed by atoms with Crippen LogP contribution in [0.15, 0.2) is 42.5 Å². The highest BCUT2D eigenvalue weighted by Gasteiger charge is 2.18. The maximum absolute atomic E-state index is 5.98. The summed E-state index contributed by atoms with van der Waals surface area (Å²) in [5.41, 5.74) is 5.18. The van der Waals surface area contributed by atoms with Crippen LogP contribution < -0.4 is 10.1 Å². The number of para-hydroxylation sites is 1. The van der Waals surface area contributed by atoms with Crippen LogP contribution in [0.25, 0.3) is 11.1 Å². The van der Waals surface area contributed by atoms with Crippen molar-refractivity contribution >= 4 is 0 Å². The third kappa shape index (κ3) is 2.81. The van der Waals surface area contributed by atoms with Crippen LogP contribution in [0.1, 0.15) is 37.4 Å². The van der Waals surface area contributed by atoms with E-state index in [0.29, 0.717) is 6.04 Å². The van der Waals surface area contributed by atoms with Gasteiger partial charge in [-0.2, -0.15) is 0 Å². The molecule has 3 rings (SSSR count). The van der Waals surface area contributed by atoms with E-state index in [-0.39, 0.29) is 0 Å². The van der Waals surface area contributed by atoms with Crippen LogP contribution in [0.4, 0.5) is 0 Å². The highest BCUT2D eigenvalue weighted by atomic mass is 16.5. The van der Waals surface area contributed by atoms with E-state index in [1.807, 2.05) is 0 Å². The highest BCUT2D eigenvalue weighted by molar-refractivity contribution is 5.75. The first-order valence-corrected chi connectivity index (χ1v) is 7.88. The van der Waals surface area contributed by atoms with Gasteiger partial charge in [-0.1, -0.05) is 49.4 Å². The van der Waals surface area contributed by atoms with Gasteiger partial charge < -0.3 is 10.1 Å². The van der Waals surface area contributed by atoms with E-state index in [2.05, 4.69) is 61.6 Å². The fourth-order valence-electron chi connectivity index (χ4n) is 3.14. The first kappa shape index (κ1) is 14.2. The first-order valence-electron chi connectivity index (χ1n) is 7.88. The third-order valence-electron chi connectivity index (χ3n) is 4.16. The number of hydrogen-bond donors (Lipinski definition) is 1. The molecule has 2 nitrogen and oxygen atoms in total. The molecule has 1 unspecified atom stereocenters. The van der Waals surface area contributed by atoms with Crippen molar-refractivity contribution in [1.82, 2.24) is 5.32 Å². The third-order valence-corrected chi connectivity index (χ3v) is 4.16.